The summed E-state index contributed by atoms with van der Waals surface area (Å²) in [5, 5.41) is 11.3. The number of nitrogens with two attached hydrogens (primary N) is 1. The minimum atomic E-state index is -0.541. The molecule has 0 saturated heterocycles. The van der Waals surface area contributed by atoms with Crippen LogP contribution in [0.2, 0.25) is 10.0 Å². The van der Waals surface area contributed by atoms with Crippen LogP contribution in [-0.4, -0.2) is 5.78 Å². The fraction of sp³-hybridized carbons (Fsp3) is 0.294. The molecule has 3 aromatic rings. The van der Waals surface area contributed by atoms with Crippen LogP contribution in [0.5, 0.6) is 0 Å². The number of halogens is 2. The van der Waals surface area contributed by atoms with E-state index in [0.717, 1.165) is 22.6 Å². The number of nitrogens with zero attached hydrogens (tertiary/aromatic N) is 2. The van der Waals surface area contributed by atoms with Gasteiger partial charge in [-0.25, -0.2) is 0 Å². The molecule has 7 heteroatoms. The molecular formula is C34H33Cl2N3OS. The predicted octanol–water partition coefficient (Wildman–Crippen LogP) is 9.15. The molecule has 2 aliphatic rings. The van der Waals surface area contributed by atoms with Crippen LogP contribution < -0.4 is 10.6 Å². The Morgan fingerprint density at radius 2 is 1.73 bits per heavy atom. The molecule has 0 radical (unpaired) electrons. The van der Waals surface area contributed by atoms with E-state index in [-0.39, 0.29) is 11.2 Å². The summed E-state index contributed by atoms with van der Waals surface area (Å²) in [5.74, 6) is 0.596. The van der Waals surface area contributed by atoms with Crippen LogP contribution in [0.1, 0.15) is 60.4 Å². The zero-order chi connectivity index (χ0) is 29.6. The van der Waals surface area contributed by atoms with Crippen molar-refractivity contribution in [1.82, 2.24) is 0 Å². The monoisotopic (exact) mass is 601 g/mol. The Kier molecular flexibility index (Phi) is 8.05. The number of ketones is 1. The zero-order valence-corrected chi connectivity index (χ0v) is 26.3. The molecule has 2 N–H and O–H groups in total. The molecule has 210 valence electrons. The van der Waals surface area contributed by atoms with Gasteiger partial charge in [0.15, 0.2) is 5.78 Å². The summed E-state index contributed by atoms with van der Waals surface area (Å²) in [5.41, 5.74) is 14.7. The number of allylic oxidation sites excluding steroid dienone is 3. The molecule has 41 heavy (non-hydrogen) atoms. The van der Waals surface area contributed by atoms with Crippen molar-refractivity contribution in [2.45, 2.75) is 64.0 Å². The van der Waals surface area contributed by atoms with Gasteiger partial charge < -0.3 is 5.73 Å². The van der Waals surface area contributed by atoms with Gasteiger partial charge in [-0.3, -0.25) is 9.69 Å². The molecule has 0 bridgehead atoms. The molecule has 1 unspecified atom stereocenters. The van der Waals surface area contributed by atoms with Gasteiger partial charge in [0.2, 0.25) is 0 Å². The number of benzene rings is 3. The SMILES string of the molecule is Cc1cc(C)c(C2C(C#N)=C(N)N(c3ccc(Cl)c(Cl)c3)C3=C2C(=O)CC(C)(C)C3)cc1CSc1ccccc1C. The molecule has 1 heterocycles. The lowest BCUT2D eigenvalue weighted by Gasteiger charge is -2.44. The highest BCUT2D eigenvalue weighted by Gasteiger charge is 2.45. The van der Waals surface area contributed by atoms with Crippen LogP contribution in [0, 0.1) is 37.5 Å². The van der Waals surface area contributed by atoms with Crippen LogP contribution in [0.4, 0.5) is 5.69 Å². The molecule has 5 rings (SSSR count). The number of carbonyl (C=O) groups is 1. The average Bonchev–Trinajstić information content (AvgIpc) is 2.90. The number of rotatable bonds is 5. The van der Waals surface area contributed by atoms with Gasteiger partial charge in [0.1, 0.15) is 5.82 Å². The molecule has 4 nitrogen and oxygen atoms in total. The van der Waals surface area contributed by atoms with Crippen molar-refractivity contribution >= 4 is 46.4 Å². The van der Waals surface area contributed by atoms with E-state index in [4.69, 9.17) is 28.9 Å². The molecule has 3 aromatic carbocycles. The number of aryl methyl sites for hydroxylation is 3. The Hall–Kier alpha value is -3.17. The first-order valence-corrected chi connectivity index (χ1v) is 15.4. The summed E-state index contributed by atoms with van der Waals surface area (Å²) in [6.45, 7) is 10.5. The van der Waals surface area contributed by atoms with Gasteiger partial charge in [-0.2, -0.15) is 5.26 Å². The van der Waals surface area contributed by atoms with E-state index in [1.54, 1.807) is 23.9 Å². The summed E-state index contributed by atoms with van der Waals surface area (Å²) in [6.07, 6.45) is 1.03. The quantitative estimate of drug-likeness (QED) is 0.295. The number of hydrogen-bond donors (Lipinski definition) is 1. The predicted molar refractivity (Wildman–Crippen MR) is 170 cm³/mol. The first-order chi connectivity index (χ1) is 19.4. The molecule has 0 saturated carbocycles. The normalized spacial score (nSPS) is 18.4. The van der Waals surface area contributed by atoms with Gasteiger partial charge in [0, 0.05) is 34.0 Å². The molecule has 0 spiro atoms. The Labute approximate surface area is 256 Å². The standard InChI is InChI=1S/C34H33Cl2N3OS/c1-19-8-6-7-9-30(19)41-18-22-13-24(21(3)12-20(22)2)31-25(17-37)33(38)39(23-10-11-26(35)27(36)14-23)28-15-34(4,5)16-29(40)32(28)31/h6-14,31H,15-16,18,38H2,1-5H3. The number of thioether (sulfide) groups is 1. The summed E-state index contributed by atoms with van der Waals surface area (Å²) < 4.78 is 0. The largest absolute Gasteiger partial charge is 0.384 e. The summed E-state index contributed by atoms with van der Waals surface area (Å²) >= 11 is 14.4. The summed E-state index contributed by atoms with van der Waals surface area (Å²) in [4.78, 5) is 17.1. The van der Waals surface area contributed by atoms with Gasteiger partial charge in [-0.05, 0) is 84.7 Å². The highest BCUT2D eigenvalue weighted by molar-refractivity contribution is 7.98. The molecule has 0 aromatic heterocycles. The first kappa shape index (κ1) is 29.3. The minimum Gasteiger partial charge on any atom is -0.384 e. The number of hydrogen-bond acceptors (Lipinski definition) is 5. The third-order valence-corrected chi connectivity index (χ3v) is 10.0. The van der Waals surface area contributed by atoms with Crippen molar-refractivity contribution < 1.29 is 4.79 Å². The summed E-state index contributed by atoms with van der Waals surface area (Å²) in [7, 11) is 0. The second-order valence-corrected chi connectivity index (χ2v) is 13.6. The number of nitriles is 1. The third-order valence-electron chi connectivity index (χ3n) is 8.05. The number of carbonyl (C=O) groups excluding carboxylic acids is 1. The maximum Gasteiger partial charge on any atom is 0.162 e. The number of anilines is 1. The van der Waals surface area contributed by atoms with E-state index >= 15 is 0 Å². The zero-order valence-electron chi connectivity index (χ0n) is 23.9. The highest BCUT2D eigenvalue weighted by atomic mass is 35.5. The second kappa shape index (κ2) is 11.2. The second-order valence-electron chi connectivity index (χ2n) is 11.8. The molecular weight excluding hydrogens is 569 g/mol. The van der Waals surface area contributed by atoms with E-state index in [9.17, 15) is 10.1 Å². The van der Waals surface area contributed by atoms with Crippen molar-refractivity contribution in [3.05, 3.63) is 115 Å². The van der Waals surface area contributed by atoms with Gasteiger partial charge in [-0.1, -0.05) is 67.4 Å². The van der Waals surface area contributed by atoms with Gasteiger partial charge in [-0.15, -0.1) is 11.8 Å². The Morgan fingerprint density at radius 1 is 1.00 bits per heavy atom. The minimum absolute atomic E-state index is 0.0439. The van der Waals surface area contributed by atoms with E-state index in [1.807, 2.05) is 17.0 Å². The van der Waals surface area contributed by atoms with Crippen LogP contribution in [-0.2, 0) is 10.5 Å². The number of Topliss-reactive ketones (excluding diaryl/α,β-unsaturated/α-hetero) is 1. The Morgan fingerprint density at radius 3 is 2.41 bits per heavy atom. The van der Waals surface area contributed by atoms with E-state index in [2.05, 4.69) is 71.0 Å². The first-order valence-electron chi connectivity index (χ1n) is 13.6. The lowest BCUT2D eigenvalue weighted by atomic mass is 9.68. The van der Waals surface area contributed by atoms with Crippen molar-refractivity contribution in [1.29, 1.82) is 5.26 Å². The summed E-state index contributed by atoms with van der Waals surface area (Å²) in [6, 6.07) is 20.4. The Bertz CT molecular complexity index is 1680. The van der Waals surface area contributed by atoms with E-state index in [0.29, 0.717) is 45.5 Å². The maximum absolute atomic E-state index is 14.0. The lowest BCUT2D eigenvalue weighted by Crippen LogP contribution is -2.42. The van der Waals surface area contributed by atoms with Crippen molar-refractivity contribution in [3.63, 3.8) is 0 Å². The average molecular weight is 603 g/mol. The van der Waals surface area contributed by atoms with Gasteiger partial charge in [0.05, 0.1) is 27.6 Å². The highest BCUT2D eigenvalue weighted by Crippen LogP contribution is 2.51. The molecule has 0 amide bonds. The van der Waals surface area contributed by atoms with Crippen LogP contribution in [0.25, 0.3) is 0 Å². The fourth-order valence-corrected chi connectivity index (χ4v) is 7.38. The maximum atomic E-state index is 14.0. The van der Waals surface area contributed by atoms with Crippen molar-refractivity contribution in [2.75, 3.05) is 4.90 Å². The topological polar surface area (TPSA) is 70.1 Å². The molecule has 1 aliphatic carbocycles. The van der Waals surface area contributed by atoms with Gasteiger partial charge in [0.25, 0.3) is 0 Å². The van der Waals surface area contributed by atoms with Crippen molar-refractivity contribution in [3.8, 4) is 6.07 Å². The molecule has 1 atom stereocenters. The lowest BCUT2D eigenvalue weighted by molar-refractivity contribution is -0.118. The molecule has 1 aliphatic heterocycles. The van der Waals surface area contributed by atoms with Crippen LogP contribution in [0.3, 0.4) is 0 Å². The van der Waals surface area contributed by atoms with E-state index < -0.39 is 5.92 Å². The van der Waals surface area contributed by atoms with Crippen LogP contribution >= 0.6 is 35.0 Å². The van der Waals surface area contributed by atoms with Crippen molar-refractivity contribution in [2.24, 2.45) is 11.1 Å². The smallest absolute Gasteiger partial charge is 0.162 e. The third kappa shape index (κ3) is 5.54. The molecule has 0 fully saturated rings. The fourth-order valence-electron chi connectivity index (χ4n) is 6.00. The van der Waals surface area contributed by atoms with Crippen LogP contribution in [0.15, 0.2) is 82.2 Å². The Balaban J connectivity index is 1.68. The van der Waals surface area contributed by atoms with E-state index in [1.165, 1.54) is 21.6 Å². The van der Waals surface area contributed by atoms with Gasteiger partial charge >= 0.3 is 0 Å².